The lowest BCUT2D eigenvalue weighted by Gasteiger charge is -2.36. The standard InChI is InChI=1S/C25H33N5O/c31-25(15-22-17-27-24(18-26-22)30-10-1-2-11-30)28-16-19-6-7-20-8-12-29(23-4-3-5-23)13-9-21(20)14-19/h6-7,14,17-18,23H,1-5,8-13,15-16H2,(H,28,31). The van der Waals surface area contributed by atoms with Crippen LogP contribution in [0.1, 0.15) is 54.5 Å². The van der Waals surface area contributed by atoms with Crippen molar-refractivity contribution in [3.8, 4) is 0 Å². The van der Waals surface area contributed by atoms with Gasteiger partial charge in [0.1, 0.15) is 5.82 Å². The summed E-state index contributed by atoms with van der Waals surface area (Å²) in [5.74, 6) is 0.914. The molecule has 1 N–H and O–H groups in total. The molecule has 1 aromatic heterocycles. The van der Waals surface area contributed by atoms with E-state index in [1.54, 1.807) is 12.4 Å². The number of carbonyl (C=O) groups is 1. The number of aromatic nitrogens is 2. The molecule has 0 atom stereocenters. The van der Waals surface area contributed by atoms with Crippen LogP contribution in [0.3, 0.4) is 0 Å². The number of nitrogens with zero attached hydrogens (tertiary/aromatic N) is 4. The Balaban J connectivity index is 1.12. The van der Waals surface area contributed by atoms with Crippen LogP contribution in [0.5, 0.6) is 0 Å². The zero-order valence-corrected chi connectivity index (χ0v) is 18.4. The molecule has 0 unspecified atom stereocenters. The zero-order chi connectivity index (χ0) is 21.0. The summed E-state index contributed by atoms with van der Waals surface area (Å²) in [7, 11) is 0. The number of hydrogen-bond acceptors (Lipinski definition) is 5. The van der Waals surface area contributed by atoms with Gasteiger partial charge in [0, 0.05) is 38.8 Å². The van der Waals surface area contributed by atoms with Gasteiger partial charge in [0.2, 0.25) is 5.91 Å². The number of fused-ring (bicyclic) bond motifs is 1. The van der Waals surface area contributed by atoms with Gasteiger partial charge in [-0.3, -0.25) is 14.7 Å². The van der Waals surface area contributed by atoms with Crippen molar-refractivity contribution < 1.29 is 4.79 Å². The summed E-state index contributed by atoms with van der Waals surface area (Å²) in [6.45, 7) is 5.02. The van der Waals surface area contributed by atoms with E-state index in [1.807, 2.05) is 0 Å². The molecule has 1 saturated carbocycles. The summed E-state index contributed by atoms with van der Waals surface area (Å²) in [5, 5.41) is 3.06. The summed E-state index contributed by atoms with van der Waals surface area (Å²) < 4.78 is 0. The Morgan fingerprint density at radius 1 is 0.968 bits per heavy atom. The van der Waals surface area contributed by atoms with Crippen LogP contribution in [0.25, 0.3) is 0 Å². The quantitative estimate of drug-likeness (QED) is 0.780. The molecule has 6 nitrogen and oxygen atoms in total. The van der Waals surface area contributed by atoms with E-state index in [0.29, 0.717) is 6.54 Å². The Kier molecular flexibility index (Phi) is 6.16. The minimum absolute atomic E-state index is 0.00526. The third kappa shape index (κ3) is 4.90. The molecule has 3 heterocycles. The van der Waals surface area contributed by atoms with Crippen LogP contribution in [0.4, 0.5) is 5.82 Å². The lowest BCUT2D eigenvalue weighted by atomic mass is 9.91. The highest BCUT2D eigenvalue weighted by atomic mass is 16.1. The maximum atomic E-state index is 12.4. The molecule has 1 saturated heterocycles. The van der Waals surface area contributed by atoms with Gasteiger partial charge in [-0.25, -0.2) is 4.98 Å². The summed E-state index contributed by atoms with van der Waals surface area (Å²) >= 11 is 0. The van der Waals surface area contributed by atoms with E-state index < -0.39 is 0 Å². The maximum absolute atomic E-state index is 12.4. The van der Waals surface area contributed by atoms with Gasteiger partial charge in [-0.05, 0) is 55.2 Å². The molecule has 5 rings (SSSR count). The number of anilines is 1. The third-order valence-corrected chi connectivity index (χ3v) is 7.15. The summed E-state index contributed by atoms with van der Waals surface area (Å²) in [6.07, 6.45) is 12.6. The maximum Gasteiger partial charge on any atom is 0.226 e. The van der Waals surface area contributed by atoms with Gasteiger partial charge < -0.3 is 10.2 Å². The fourth-order valence-corrected chi connectivity index (χ4v) is 5.00. The lowest BCUT2D eigenvalue weighted by Crippen LogP contribution is -2.41. The summed E-state index contributed by atoms with van der Waals surface area (Å²) in [5.41, 5.74) is 4.83. The molecule has 2 fully saturated rings. The summed E-state index contributed by atoms with van der Waals surface area (Å²) in [4.78, 5) is 26.3. The second-order valence-corrected chi connectivity index (χ2v) is 9.24. The zero-order valence-electron chi connectivity index (χ0n) is 18.4. The van der Waals surface area contributed by atoms with Crippen molar-refractivity contribution in [3.63, 3.8) is 0 Å². The van der Waals surface area contributed by atoms with Crippen molar-refractivity contribution in [2.45, 2.75) is 64.0 Å². The van der Waals surface area contributed by atoms with Crippen LogP contribution in [0, 0.1) is 0 Å². The van der Waals surface area contributed by atoms with Gasteiger partial charge in [0.15, 0.2) is 0 Å². The second kappa shape index (κ2) is 9.35. The van der Waals surface area contributed by atoms with E-state index in [-0.39, 0.29) is 12.3 Å². The average Bonchev–Trinajstić information content (AvgIpc) is 3.21. The monoisotopic (exact) mass is 419 g/mol. The number of hydrogen-bond donors (Lipinski definition) is 1. The molecule has 0 bridgehead atoms. The first-order chi connectivity index (χ1) is 15.2. The smallest absolute Gasteiger partial charge is 0.226 e. The van der Waals surface area contributed by atoms with Gasteiger partial charge in [-0.1, -0.05) is 24.6 Å². The highest BCUT2D eigenvalue weighted by molar-refractivity contribution is 5.78. The molecule has 1 aliphatic carbocycles. The van der Waals surface area contributed by atoms with E-state index in [0.717, 1.165) is 43.5 Å². The van der Waals surface area contributed by atoms with Crippen molar-refractivity contribution in [3.05, 3.63) is 53.0 Å². The van der Waals surface area contributed by atoms with Gasteiger partial charge in [0.05, 0.1) is 24.5 Å². The molecule has 3 aliphatic rings. The van der Waals surface area contributed by atoms with Crippen LogP contribution >= 0.6 is 0 Å². The van der Waals surface area contributed by atoms with Crippen LogP contribution in [-0.4, -0.2) is 53.0 Å². The van der Waals surface area contributed by atoms with Gasteiger partial charge >= 0.3 is 0 Å². The molecule has 164 valence electrons. The van der Waals surface area contributed by atoms with Crippen LogP contribution < -0.4 is 10.2 Å². The Labute approximate surface area is 185 Å². The topological polar surface area (TPSA) is 61.4 Å². The van der Waals surface area contributed by atoms with Gasteiger partial charge in [-0.15, -0.1) is 0 Å². The predicted molar refractivity (Wildman–Crippen MR) is 122 cm³/mol. The molecular weight excluding hydrogens is 386 g/mol. The normalized spacial score (nSPS) is 19.5. The van der Waals surface area contributed by atoms with Crippen LogP contribution in [0.15, 0.2) is 30.6 Å². The van der Waals surface area contributed by atoms with Crippen LogP contribution in [0.2, 0.25) is 0 Å². The van der Waals surface area contributed by atoms with Gasteiger partial charge in [-0.2, -0.15) is 0 Å². The molecule has 0 radical (unpaired) electrons. The van der Waals surface area contributed by atoms with Crippen molar-refractivity contribution in [2.75, 3.05) is 31.1 Å². The SMILES string of the molecule is O=C(Cc1cnc(N2CCCC2)cn1)NCc1ccc2c(c1)CCN(C1CCC1)CC2. The minimum atomic E-state index is -0.00526. The van der Waals surface area contributed by atoms with Crippen LogP contribution in [-0.2, 0) is 30.6 Å². The van der Waals surface area contributed by atoms with E-state index in [1.165, 1.54) is 61.9 Å². The first-order valence-electron chi connectivity index (χ1n) is 11.9. The van der Waals surface area contributed by atoms with Crippen molar-refractivity contribution >= 4 is 11.7 Å². The van der Waals surface area contributed by atoms with E-state index >= 15 is 0 Å². The number of benzene rings is 1. The number of carbonyl (C=O) groups excluding carboxylic acids is 1. The fraction of sp³-hybridized carbons (Fsp3) is 0.560. The molecular formula is C25H33N5O. The number of nitrogens with one attached hydrogen (secondary N) is 1. The molecule has 2 aliphatic heterocycles. The number of rotatable bonds is 6. The number of amides is 1. The largest absolute Gasteiger partial charge is 0.355 e. The second-order valence-electron chi connectivity index (χ2n) is 9.24. The molecule has 2 aromatic rings. The molecule has 6 heteroatoms. The Morgan fingerprint density at radius 3 is 2.48 bits per heavy atom. The third-order valence-electron chi connectivity index (χ3n) is 7.15. The molecule has 31 heavy (non-hydrogen) atoms. The molecule has 0 spiro atoms. The minimum Gasteiger partial charge on any atom is -0.355 e. The average molecular weight is 420 g/mol. The molecule has 1 aromatic carbocycles. The lowest BCUT2D eigenvalue weighted by molar-refractivity contribution is -0.120. The van der Waals surface area contributed by atoms with E-state index in [9.17, 15) is 4.79 Å². The Bertz CT molecular complexity index is 903. The Hall–Kier alpha value is -2.47. The first-order valence-corrected chi connectivity index (χ1v) is 11.9. The summed E-state index contributed by atoms with van der Waals surface area (Å²) in [6, 6.07) is 7.55. The highest BCUT2D eigenvalue weighted by Gasteiger charge is 2.26. The fourth-order valence-electron chi connectivity index (χ4n) is 5.00. The van der Waals surface area contributed by atoms with Crippen molar-refractivity contribution in [1.82, 2.24) is 20.2 Å². The first kappa shape index (κ1) is 20.4. The van der Waals surface area contributed by atoms with E-state index in [4.69, 9.17) is 0 Å². The van der Waals surface area contributed by atoms with Crippen molar-refractivity contribution in [2.24, 2.45) is 0 Å². The Morgan fingerprint density at radius 2 is 1.77 bits per heavy atom. The van der Waals surface area contributed by atoms with Crippen molar-refractivity contribution in [1.29, 1.82) is 0 Å². The van der Waals surface area contributed by atoms with Gasteiger partial charge in [0.25, 0.3) is 0 Å². The molecule has 1 amide bonds. The van der Waals surface area contributed by atoms with E-state index in [2.05, 4.69) is 43.3 Å². The highest BCUT2D eigenvalue weighted by Crippen LogP contribution is 2.27. The predicted octanol–water partition coefficient (Wildman–Crippen LogP) is 2.89.